The van der Waals surface area contributed by atoms with E-state index in [1.807, 2.05) is 18.2 Å². The van der Waals surface area contributed by atoms with Gasteiger partial charge in [0, 0.05) is 58.2 Å². The summed E-state index contributed by atoms with van der Waals surface area (Å²) in [4.78, 5) is 17.8. The number of halogens is 1. The fourth-order valence-corrected chi connectivity index (χ4v) is 7.48. The van der Waals surface area contributed by atoms with Crippen LogP contribution in [0.25, 0.3) is 0 Å². The third-order valence-electron chi connectivity index (χ3n) is 8.76. The highest BCUT2D eigenvalue weighted by Crippen LogP contribution is 2.34. The van der Waals surface area contributed by atoms with Gasteiger partial charge in [0.15, 0.2) is 17.3 Å². The van der Waals surface area contributed by atoms with Crippen LogP contribution in [0.1, 0.15) is 23.5 Å². The molecule has 262 valence electrons. The number of fused-ring (bicyclic) bond motifs is 1. The Balaban J connectivity index is 1.09. The normalized spacial score (nSPS) is 19.4. The van der Waals surface area contributed by atoms with E-state index in [9.17, 15) is 22.7 Å². The molecule has 0 aromatic heterocycles. The molecular formula is C35H40FN3O9S. The zero-order valence-electron chi connectivity index (χ0n) is 27.2. The van der Waals surface area contributed by atoms with Crippen molar-refractivity contribution in [3.8, 4) is 17.2 Å². The summed E-state index contributed by atoms with van der Waals surface area (Å²) >= 11 is 0. The first-order chi connectivity index (χ1) is 23.7. The molecule has 3 aliphatic rings. The molecule has 0 spiro atoms. The van der Waals surface area contributed by atoms with E-state index in [1.165, 1.54) is 31.4 Å². The Bertz CT molecular complexity index is 1730. The second-order valence-electron chi connectivity index (χ2n) is 11.9. The van der Waals surface area contributed by atoms with Crippen LogP contribution in [0.4, 0.5) is 4.39 Å². The SMILES string of the molecule is COc1ccc(S(=O)(=O)N(CCO)CCO[C@H]2C[C@@H](c3ccc(F)cc3)C=C(C(=O)N3CCN(Cc4ccc5c(c4)OCO5)CC3)O2)cc1. The first-order valence-electron chi connectivity index (χ1n) is 16.1. The highest BCUT2D eigenvalue weighted by Gasteiger charge is 2.33. The maximum absolute atomic E-state index is 13.8. The summed E-state index contributed by atoms with van der Waals surface area (Å²) in [6.07, 6.45) is 1.21. The standard InChI is InChI=1S/C35H40FN3O9S/c1-44-29-7-9-30(10-8-29)49(42,43)39(16-18-40)17-19-45-34-22-27(26-3-5-28(36)6-4-26)21-33(48-34)35(41)38-14-12-37(13-15-38)23-25-2-11-31-32(20-25)47-24-46-31/h2-11,20-21,27,34,40H,12-19,22-24H2,1H3/t27-,34+/m0/s1. The van der Waals surface area contributed by atoms with E-state index in [0.717, 1.165) is 26.9 Å². The zero-order valence-corrected chi connectivity index (χ0v) is 28.0. The molecule has 3 aromatic rings. The topological polar surface area (TPSA) is 127 Å². The average molecular weight is 698 g/mol. The van der Waals surface area contributed by atoms with E-state index < -0.39 is 16.3 Å². The lowest BCUT2D eigenvalue weighted by atomic mass is 9.93. The molecule has 0 aliphatic carbocycles. The number of rotatable bonds is 13. The second kappa shape index (κ2) is 15.6. The Morgan fingerprint density at radius 3 is 2.43 bits per heavy atom. The van der Waals surface area contributed by atoms with Crippen molar-refractivity contribution < 1.29 is 46.4 Å². The van der Waals surface area contributed by atoms with Crippen LogP contribution in [0.15, 0.2) is 83.5 Å². The number of piperazine rings is 1. The summed E-state index contributed by atoms with van der Waals surface area (Å²) in [5.41, 5.74) is 1.89. The van der Waals surface area contributed by atoms with Gasteiger partial charge in [-0.3, -0.25) is 9.69 Å². The monoisotopic (exact) mass is 697 g/mol. The van der Waals surface area contributed by atoms with Gasteiger partial charge in [-0.25, -0.2) is 12.8 Å². The second-order valence-corrected chi connectivity index (χ2v) is 13.8. The van der Waals surface area contributed by atoms with Gasteiger partial charge in [0.1, 0.15) is 11.6 Å². The number of sulfonamides is 1. The van der Waals surface area contributed by atoms with Gasteiger partial charge in [0.05, 0.1) is 25.2 Å². The Morgan fingerprint density at radius 1 is 0.980 bits per heavy atom. The molecule has 1 fully saturated rings. The van der Waals surface area contributed by atoms with Crippen molar-refractivity contribution in [3.63, 3.8) is 0 Å². The molecule has 1 amide bonds. The van der Waals surface area contributed by atoms with Crippen molar-refractivity contribution in [2.75, 3.05) is 66.4 Å². The fourth-order valence-electron chi connectivity index (χ4n) is 6.06. The number of hydrogen-bond donors (Lipinski definition) is 1. The predicted molar refractivity (Wildman–Crippen MR) is 176 cm³/mol. The highest BCUT2D eigenvalue weighted by atomic mass is 32.2. The zero-order chi connectivity index (χ0) is 34.4. The predicted octanol–water partition coefficient (Wildman–Crippen LogP) is 3.32. The maximum Gasteiger partial charge on any atom is 0.288 e. The van der Waals surface area contributed by atoms with E-state index in [1.54, 1.807) is 35.2 Å². The van der Waals surface area contributed by atoms with E-state index in [2.05, 4.69) is 4.90 Å². The van der Waals surface area contributed by atoms with Gasteiger partial charge in [-0.15, -0.1) is 0 Å². The number of nitrogens with zero attached hydrogens (tertiary/aromatic N) is 3. The number of aliphatic hydroxyl groups is 1. The molecule has 0 unspecified atom stereocenters. The molecule has 3 aromatic carbocycles. The van der Waals surface area contributed by atoms with Crippen molar-refractivity contribution in [3.05, 3.63) is 95.5 Å². The van der Waals surface area contributed by atoms with Crippen molar-refractivity contribution >= 4 is 15.9 Å². The van der Waals surface area contributed by atoms with Crippen LogP contribution in [-0.2, 0) is 30.8 Å². The van der Waals surface area contributed by atoms with Gasteiger partial charge in [-0.1, -0.05) is 18.2 Å². The number of methoxy groups -OCH3 is 1. The molecule has 0 saturated carbocycles. The highest BCUT2D eigenvalue weighted by molar-refractivity contribution is 7.89. The number of aliphatic hydroxyl groups excluding tert-OH is 1. The summed E-state index contributed by atoms with van der Waals surface area (Å²) in [6.45, 7) is 2.62. The van der Waals surface area contributed by atoms with Gasteiger partial charge in [-0.2, -0.15) is 4.31 Å². The molecule has 0 bridgehead atoms. The molecule has 14 heteroatoms. The number of hydrogen-bond acceptors (Lipinski definition) is 10. The van der Waals surface area contributed by atoms with Crippen LogP contribution in [0.3, 0.4) is 0 Å². The van der Waals surface area contributed by atoms with Crippen LogP contribution in [-0.4, -0.2) is 106 Å². The Hall–Kier alpha value is -4.21. The molecule has 49 heavy (non-hydrogen) atoms. The van der Waals surface area contributed by atoms with Gasteiger partial charge < -0.3 is 33.7 Å². The van der Waals surface area contributed by atoms with Crippen LogP contribution in [0.5, 0.6) is 17.2 Å². The van der Waals surface area contributed by atoms with Gasteiger partial charge >= 0.3 is 0 Å². The molecule has 12 nitrogen and oxygen atoms in total. The molecule has 6 rings (SSSR count). The van der Waals surface area contributed by atoms with Crippen LogP contribution >= 0.6 is 0 Å². The number of carbonyl (C=O) groups is 1. The summed E-state index contributed by atoms with van der Waals surface area (Å²) in [7, 11) is -2.45. The number of benzene rings is 3. The largest absolute Gasteiger partial charge is 0.497 e. The molecule has 1 N–H and O–H groups in total. The van der Waals surface area contributed by atoms with Crippen LogP contribution in [0.2, 0.25) is 0 Å². The lowest BCUT2D eigenvalue weighted by Crippen LogP contribution is -2.49. The Morgan fingerprint density at radius 2 is 1.71 bits per heavy atom. The third kappa shape index (κ3) is 8.33. The van der Waals surface area contributed by atoms with Crippen molar-refractivity contribution in [1.82, 2.24) is 14.1 Å². The molecule has 1 saturated heterocycles. The summed E-state index contributed by atoms with van der Waals surface area (Å²) < 4.78 is 69.7. The summed E-state index contributed by atoms with van der Waals surface area (Å²) in [5.74, 6) is 1.18. The first kappa shape index (κ1) is 34.6. The van der Waals surface area contributed by atoms with Crippen molar-refractivity contribution in [1.29, 1.82) is 0 Å². The maximum atomic E-state index is 13.8. The van der Waals surface area contributed by atoms with Crippen molar-refractivity contribution in [2.45, 2.75) is 30.1 Å². The van der Waals surface area contributed by atoms with Gasteiger partial charge in [0.25, 0.3) is 5.91 Å². The quantitative estimate of drug-likeness (QED) is 0.284. The average Bonchev–Trinajstić information content (AvgIpc) is 3.59. The Kier molecular flexibility index (Phi) is 11.0. The van der Waals surface area contributed by atoms with Gasteiger partial charge in [0.2, 0.25) is 23.1 Å². The minimum atomic E-state index is -3.94. The number of amides is 1. The van der Waals surface area contributed by atoms with E-state index in [0.29, 0.717) is 44.9 Å². The Labute approximate surface area is 285 Å². The summed E-state index contributed by atoms with van der Waals surface area (Å²) in [5, 5.41) is 9.62. The number of ether oxygens (including phenoxy) is 5. The van der Waals surface area contributed by atoms with Crippen molar-refractivity contribution in [2.24, 2.45) is 0 Å². The van der Waals surface area contributed by atoms with Crippen LogP contribution < -0.4 is 14.2 Å². The smallest absolute Gasteiger partial charge is 0.288 e. The molecular weight excluding hydrogens is 657 g/mol. The third-order valence-corrected chi connectivity index (χ3v) is 10.7. The molecule has 2 atom stereocenters. The number of allylic oxidation sites excluding steroid dienone is 1. The molecule has 3 heterocycles. The van der Waals surface area contributed by atoms with E-state index >= 15 is 0 Å². The summed E-state index contributed by atoms with van der Waals surface area (Å²) in [6, 6.07) is 18.0. The minimum Gasteiger partial charge on any atom is -0.497 e. The van der Waals surface area contributed by atoms with Crippen LogP contribution in [0, 0.1) is 5.82 Å². The lowest BCUT2D eigenvalue weighted by Gasteiger charge is -2.36. The minimum absolute atomic E-state index is 0.0545. The molecule has 3 aliphatic heterocycles. The fraction of sp³-hybridized carbons (Fsp3) is 0.400. The first-order valence-corrected chi connectivity index (χ1v) is 17.6. The van der Waals surface area contributed by atoms with E-state index in [4.69, 9.17) is 23.7 Å². The number of carbonyl (C=O) groups excluding carboxylic acids is 1. The van der Waals surface area contributed by atoms with E-state index in [-0.39, 0.29) is 61.4 Å². The van der Waals surface area contributed by atoms with Gasteiger partial charge in [-0.05, 0) is 65.7 Å². The lowest BCUT2D eigenvalue weighted by molar-refractivity contribution is -0.154. The molecule has 0 radical (unpaired) electrons.